The van der Waals surface area contributed by atoms with E-state index in [1.54, 1.807) is 32.4 Å². The number of amides is 2. The lowest BCUT2D eigenvalue weighted by atomic mass is 9.60. The highest BCUT2D eigenvalue weighted by Gasteiger charge is 2.57. The highest BCUT2D eigenvalue weighted by molar-refractivity contribution is 5.98. The average molecular weight is 437 g/mol. The van der Waals surface area contributed by atoms with Crippen LogP contribution < -0.4 is 24.8 Å². The van der Waals surface area contributed by atoms with Gasteiger partial charge in [-0.05, 0) is 55.0 Å². The minimum absolute atomic E-state index is 0.0709. The monoisotopic (exact) mass is 436 g/mol. The molecule has 4 atom stereocenters. The molecular weight excluding hydrogens is 408 g/mol. The summed E-state index contributed by atoms with van der Waals surface area (Å²) in [5.74, 6) is 2.11. The fourth-order valence-corrected chi connectivity index (χ4v) is 5.54. The predicted octanol–water partition coefficient (Wildman–Crippen LogP) is 3.27. The van der Waals surface area contributed by atoms with Crippen LogP contribution in [0.3, 0.4) is 0 Å². The predicted molar refractivity (Wildman–Crippen MR) is 118 cm³/mol. The van der Waals surface area contributed by atoms with Crippen LogP contribution in [0.5, 0.6) is 17.2 Å². The first-order valence-corrected chi connectivity index (χ1v) is 11.1. The molecule has 3 saturated carbocycles. The SMILES string of the molecule is COc1cccc(CNC(=O)C2CC3CCC2CC32NC(=O)c3ccc(OC)cc3O2)c1. The number of fused-ring (bicyclic) bond motifs is 3. The van der Waals surface area contributed by atoms with E-state index in [2.05, 4.69) is 10.6 Å². The van der Waals surface area contributed by atoms with E-state index in [-0.39, 0.29) is 29.6 Å². The molecular formula is C25H28N2O5. The summed E-state index contributed by atoms with van der Waals surface area (Å²) in [5.41, 5.74) is 0.775. The minimum Gasteiger partial charge on any atom is -0.497 e. The third-order valence-corrected chi connectivity index (χ3v) is 7.21. The zero-order valence-electron chi connectivity index (χ0n) is 18.4. The summed E-state index contributed by atoms with van der Waals surface area (Å²) in [6.45, 7) is 0.468. The van der Waals surface area contributed by atoms with Crippen LogP contribution >= 0.6 is 0 Å². The van der Waals surface area contributed by atoms with Crippen molar-refractivity contribution in [3.8, 4) is 17.2 Å². The van der Waals surface area contributed by atoms with E-state index in [4.69, 9.17) is 14.2 Å². The van der Waals surface area contributed by atoms with Crippen molar-refractivity contribution in [2.75, 3.05) is 14.2 Å². The Labute approximate surface area is 187 Å². The molecule has 3 fully saturated rings. The van der Waals surface area contributed by atoms with Crippen LogP contribution in [0.25, 0.3) is 0 Å². The topological polar surface area (TPSA) is 85.9 Å². The number of ether oxygens (including phenoxy) is 3. The molecule has 2 amide bonds. The molecule has 32 heavy (non-hydrogen) atoms. The fourth-order valence-electron chi connectivity index (χ4n) is 5.54. The van der Waals surface area contributed by atoms with E-state index in [0.29, 0.717) is 36.4 Å². The summed E-state index contributed by atoms with van der Waals surface area (Å²) < 4.78 is 17.0. The Hall–Kier alpha value is -3.22. The van der Waals surface area contributed by atoms with Gasteiger partial charge in [0.2, 0.25) is 5.91 Å². The first-order valence-electron chi connectivity index (χ1n) is 11.1. The normalized spacial score (nSPS) is 27.8. The van der Waals surface area contributed by atoms with Crippen LogP contribution in [0.15, 0.2) is 42.5 Å². The Bertz CT molecular complexity index is 1050. The number of benzene rings is 2. The van der Waals surface area contributed by atoms with Crippen LogP contribution in [0.2, 0.25) is 0 Å². The first kappa shape index (κ1) is 20.7. The largest absolute Gasteiger partial charge is 0.497 e. The lowest BCUT2D eigenvalue weighted by Gasteiger charge is -2.55. The van der Waals surface area contributed by atoms with Crippen molar-refractivity contribution < 1.29 is 23.8 Å². The van der Waals surface area contributed by atoms with Gasteiger partial charge in [0.05, 0.1) is 19.8 Å². The lowest BCUT2D eigenvalue weighted by Crippen LogP contribution is -2.66. The zero-order chi connectivity index (χ0) is 22.3. The van der Waals surface area contributed by atoms with Crippen molar-refractivity contribution in [2.45, 2.75) is 38.0 Å². The van der Waals surface area contributed by atoms with Gasteiger partial charge >= 0.3 is 0 Å². The van der Waals surface area contributed by atoms with Crippen LogP contribution in [-0.2, 0) is 11.3 Å². The van der Waals surface area contributed by atoms with Gasteiger partial charge in [-0.1, -0.05) is 12.1 Å². The summed E-state index contributed by atoms with van der Waals surface area (Å²) in [7, 11) is 3.23. The second-order valence-electron chi connectivity index (χ2n) is 8.96. The van der Waals surface area contributed by atoms with Gasteiger partial charge in [0, 0.05) is 30.9 Å². The van der Waals surface area contributed by atoms with Crippen molar-refractivity contribution in [1.82, 2.24) is 10.6 Å². The van der Waals surface area contributed by atoms with E-state index in [9.17, 15) is 9.59 Å². The molecule has 7 heteroatoms. The van der Waals surface area contributed by atoms with Crippen molar-refractivity contribution in [2.24, 2.45) is 17.8 Å². The first-order chi connectivity index (χ1) is 15.5. The van der Waals surface area contributed by atoms with Gasteiger partial charge in [-0.3, -0.25) is 9.59 Å². The molecule has 7 nitrogen and oxygen atoms in total. The molecule has 168 valence electrons. The highest BCUT2D eigenvalue weighted by Crippen LogP contribution is 2.52. The second-order valence-corrected chi connectivity index (χ2v) is 8.96. The minimum atomic E-state index is -0.747. The van der Waals surface area contributed by atoms with E-state index >= 15 is 0 Å². The van der Waals surface area contributed by atoms with Gasteiger partial charge in [-0.25, -0.2) is 0 Å². The smallest absolute Gasteiger partial charge is 0.258 e. The molecule has 4 unspecified atom stereocenters. The van der Waals surface area contributed by atoms with Crippen molar-refractivity contribution in [1.29, 1.82) is 0 Å². The van der Waals surface area contributed by atoms with Crippen molar-refractivity contribution >= 4 is 11.8 Å². The zero-order valence-corrected chi connectivity index (χ0v) is 18.4. The Morgan fingerprint density at radius 3 is 2.72 bits per heavy atom. The molecule has 0 aromatic heterocycles. The summed E-state index contributed by atoms with van der Waals surface area (Å²) in [6, 6.07) is 13.0. The van der Waals surface area contributed by atoms with Gasteiger partial charge < -0.3 is 24.8 Å². The van der Waals surface area contributed by atoms with Crippen molar-refractivity contribution in [3.63, 3.8) is 0 Å². The van der Waals surface area contributed by atoms with E-state index < -0.39 is 5.72 Å². The maximum Gasteiger partial charge on any atom is 0.258 e. The quantitative estimate of drug-likeness (QED) is 0.751. The van der Waals surface area contributed by atoms with Gasteiger partial charge in [0.25, 0.3) is 5.91 Å². The third-order valence-electron chi connectivity index (χ3n) is 7.21. The van der Waals surface area contributed by atoms with Gasteiger partial charge in [0.1, 0.15) is 17.2 Å². The maximum absolute atomic E-state index is 13.0. The third kappa shape index (κ3) is 3.55. The summed E-state index contributed by atoms with van der Waals surface area (Å²) in [6.07, 6.45) is 3.24. The highest BCUT2D eigenvalue weighted by atomic mass is 16.5. The molecule has 2 bridgehead atoms. The van der Waals surface area contributed by atoms with Crippen LogP contribution in [0.1, 0.15) is 41.6 Å². The van der Waals surface area contributed by atoms with Crippen LogP contribution in [0.4, 0.5) is 0 Å². The molecule has 0 saturated heterocycles. The standard InChI is InChI=1S/C25H28N2O5/c1-30-18-5-3-4-15(10-18)14-26-23(28)21-11-17-7-6-16(21)13-25(17)27-24(29)20-9-8-19(31-2)12-22(20)32-25/h3-5,8-10,12,16-17,21H,6-7,11,13-14H2,1-2H3,(H,26,28)(H,27,29). The number of carbonyl (C=O) groups is 2. The Kier molecular flexibility index (Phi) is 5.19. The molecule has 0 radical (unpaired) electrons. The molecule has 1 heterocycles. The van der Waals surface area contributed by atoms with E-state index in [0.717, 1.165) is 24.2 Å². The number of rotatable bonds is 5. The number of carbonyl (C=O) groups excluding carboxylic acids is 2. The molecule has 4 aliphatic rings. The van der Waals surface area contributed by atoms with E-state index in [1.165, 1.54) is 0 Å². The maximum atomic E-state index is 13.0. The summed E-state index contributed by atoms with van der Waals surface area (Å²) >= 11 is 0. The Morgan fingerprint density at radius 2 is 1.97 bits per heavy atom. The molecule has 2 aromatic carbocycles. The Morgan fingerprint density at radius 1 is 1.16 bits per heavy atom. The van der Waals surface area contributed by atoms with Gasteiger partial charge in [-0.2, -0.15) is 0 Å². The van der Waals surface area contributed by atoms with Crippen LogP contribution in [-0.4, -0.2) is 31.8 Å². The number of hydrogen-bond acceptors (Lipinski definition) is 5. The second kappa shape index (κ2) is 8.04. The molecule has 1 spiro atoms. The molecule has 1 aliphatic heterocycles. The van der Waals surface area contributed by atoms with Gasteiger partial charge in [0.15, 0.2) is 5.72 Å². The molecule has 3 aliphatic carbocycles. The summed E-state index contributed by atoms with van der Waals surface area (Å²) in [4.78, 5) is 25.9. The van der Waals surface area contributed by atoms with Crippen molar-refractivity contribution in [3.05, 3.63) is 53.6 Å². The Balaban J connectivity index is 1.29. The average Bonchev–Trinajstić information content (AvgIpc) is 2.82. The number of nitrogens with one attached hydrogen (secondary N) is 2. The fraction of sp³-hybridized carbons (Fsp3) is 0.440. The molecule has 2 aromatic rings. The summed E-state index contributed by atoms with van der Waals surface area (Å²) in [5, 5.41) is 6.24. The van der Waals surface area contributed by atoms with E-state index in [1.807, 2.05) is 24.3 Å². The number of hydrogen-bond donors (Lipinski definition) is 2. The number of methoxy groups -OCH3 is 2. The lowest BCUT2D eigenvalue weighted by molar-refractivity contribution is -0.146. The molecule has 6 rings (SSSR count). The van der Waals surface area contributed by atoms with Gasteiger partial charge in [-0.15, -0.1) is 0 Å². The molecule has 2 N–H and O–H groups in total. The van der Waals surface area contributed by atoms with Crippen LogP contribution in [0, 0.1) is 17.8 Å².